The number of carboxylic acid groups (broad SMARTS) is 1. The summed E-state index contributed by atoms with van der Waals surface area (Å²) in [6, 6.07) is -0.246. The number of aliphatic carboxylic acids is 1. The Hall–Kier alpha value is -1.26. The summed E-state index contributed by atoms with van der Waals surface area (Å²) >= 11 is 0. The lowest BCUT2D eigenvalue weighted by Crippen LogP contribution is -2.58. The van der Waals surface area contributed by atoms with Crippen LogP contribution in [0.3, 0.4) is 0 Å². The second-order valence-electron chi connectivity index (χ2n) is 6.32. The van der Waals surface area contributed by atoms with E-state index in [1.165, 1.54) is 12.8 Å². The maximum absolute atomic E-state index is 12.1. The molecular formula is C14H24N2O3. The van der Waals surface area contributed by atoms with E-state index in [1.54, 1.807) is 11.9 Å². The lowest BCUT2D eigenvalue weighted by Gasteiger charge is -2.37. The molecule has 2 fully saturated rings. The zero-order valence-corrected chi connectivity index (χ0v) is 11.8. The lowest BCUT2D eigenvalue weighted by molar-refractivity contribution is -0.146. The molecule has 2 saturated carbocycles. The Morgan fingerprint density at radius 1 is 1.26 bits per heavy atom. The average Bonchev–Trinajstić information content (AvgIpc) is 3.15. The molecular weight excluding hydrogens is 244 g/mol. The van der Waals surface area contributed by atoms with Gasteiger partial charge in [-0.3, -0.25) is 0 Å². The number of carboxylic acids is 1. The van der Waals surface area contributed by atoms with Crippen molar-refractivity contribution in [1.29, 1.82) is 0 Å². The highest BCUT2D eigenvalue weighted by Crippen LogP contribution is 2.33. The first-order chi connectivity index (χ1) is 8.93. The quantitative estimate of drug-likeness (QED) is 0.820. The lowest BCUT2D eigenvalue weighted by atomic mass is 9.77. The molecule has 0 radical (unpaired) electrons. The van der Waals surface area contributed by atoms with E-state index in [2.05, 4.69) is 12.2 Å². The molecule has 0 bridgehead atoms. The highest BCUT2D eigenvalue weighted by Gasteiger charge is 2.43. The smallest absolute Gasteiger partial charge is 0.329 e. The Kier molecular flexibility index (Phi) is 4.02. The zero-order chi connectivity index (χ0) is 14.0. The van der Waals surface area contributed by atoms with Gasteiger partial charge in [0.05, 0.1) is 0 Å². The Balaban J connectivity index is 1.95. The van der Waals surface area contributed by atoms with Crippen molar-refractivity contribution >= 4 is 12.0 Å². The average molecular weight is 268 g/mol. The summed E-state index contributed by atoms with van der Waals surface area (Å²) in [6.07, 6.45) is 5.15. The molecule has 0 saturated heterocycles. The van der Waals surface area contributed by atoms with Crippen LogP contribution in [0.2, 0.25) is 0 Å². The van der Waals surface area contributed by atoms with Crippen LogP contribution in [-0.4, -0.2) is 41.1 Å². The molecule has 0 atom stereocenters. The molecule has 0 aromatic carbocycles. The highest BCUT2D eigenvalue weighted by molar-refractivity contribution is 5.86. The molecule has 5 nitrogen and oxygen atoms in total. The molecule has 2 N–H and O–H groups in total. The van der Waals surface area contributed by atoms with E-state index in [9.17, 15) is 14.7 Å². The van der Waals surface area contributed by atoms with Crippen LogP contribution >= 0.6 is 0 Å². The topological polar surface area (TPSA) is 69.6 Å². The molecule has 0 aliphatic heterocycles. The second kappa shape index (κ2) is 5.39. The molecule has 108 valence electrons. The van der Waals surface area contributed by atoms with Gasteiger partial charge in [-0.15, -0.1) is 0 Å². The predicted octanol–water partition coefficient (Wildman–Crippen LogP) is 2.07. The van der Waals surface area contributed by atoms with Gasteiger partial charge in [0.1, 0.15) is 5.54 Å². The third-order valence-corrected chi connectivity index (χ3v) is 4.46. The third kappa shape index (κ3) is 3.39. The van der Waals surface area contributed by atoms with Gasteiger partial charge in [0, 0.05) is 13.6 Å². The SMILES string of the molecule is CC1CCC(NC(=O)N(C)CC2CC2)(C(=O)O)CC1. The van der Waals surface area contributed by atoms with Gasteiger partial charge in [-0.2, -0.15) is 0 Å². The number of urea groups is 1. The number of amides is 2. The van der Waals surface area contributed by atoms with E-state index in [0.717, 1.165) is 19.4 Å². The van der Waals surface area contributed by atoms with E-state index < -0.39 is 11.5 Å². The van der Waals surface area contributed by atoms with E-state index in [0.29, 0.717) is 24.7 Å². The van der Waals surface area contributed by atoms with Crippen molar-refractivity contribution in [3.63, 3.8) is 0 Å². The van der Waals surface area contributed by atoms with E-state index in [4.69, 9.17) is 0 Å². The Labute approximate surface area is 114 Å². The minimum Gasteiger partial charge on any atom is -0.480 e. The van der Waals surface area contributed by atoms with Crippen LogP contribution in [-0.2, 0) is 4.79 Å². The van der Waals surface area contributed by atoms with Crippen LogP contribution in [0, 0.1) is 11.8 Å². The number of nitrogens with one attached hydrogen (secondary N) is 1. The van der Waals surface area contributed by atoms with Crippen LogP contribution in [0.1, 0.15) is 45.4 Å². The molecule has 2 aliphatic rings. The fourth-order valence-corrected chi connectivity index (χ4v) is 2.72. The normalized spacial score (nSPS) is 30.7. The largest absolute Gasteiger partial charge is 0.480 e. The van der Waals surface area contributed by atoms with Gasteiger partial charge < -0.3 is 15.3 Å². The van der Waals surface area contributed by atoms with Crippen LogP contribution in [0.15, 0.2) is 0 Å². The summed E-state index contributed by atoms with van der Waals surface area (Å²) in [7, 11) is 1.74. The molecule has 0 heterocycles. The van der Waals surface area contributed by atoms with Crippen LogP contribution in [0.4, 0.5) is 4.79 Å². The van der Waals surface area contributed by atoms with Crippen LogP contribution in [0.5, 0.6) is 0 Å². The summed E-state index contributed by atoms with van der Waals surface area (Å²) in [6.45, 7) is 2.87. The summed E-state index contributed by atoms with van der Waals surface area (Å²) in [5.74, 6) is 0.268. The third-order valence-electron chi connectivity index (χ3n) is 4.46. The molecule has 5 heteroatoms. The second-order valence-corrected chi connectivity index (χ2v) is 6.32. The number of hydrogen-bond acceptors (Lipinski definition) is 2. The molecule has 0 spiro atoms. The minimum atomic E-state index is -1.05. The predicted molar refractivity (Wildman–Crippen MR) is 71.9 cm³/mol. The van der Waals surface area contributed by atoms with Crippen molar-refractivity contribution in [3.05, 3.63) is 0 Å². The number of carbonyl (C=O) groups excluding carboxylic acids is 1. The van der Waals surface area contributed by atoms with E-state index >= 15 is 0 Å². The van der Waals surface area contributed by atoms with Gasteiger partial charge >= 0.3 is 12.0 Å². The summed E-state index contributed by atoms with van der Waals surface area (Å²) in [5.41, 5.74) is -1.05. The van der Waals surface area contributed by atoms with Gasteiger partial charge in [0.2, 0.25) is 0 Å². The summed E-state index contributed by atoms with van der Waals surface area (Å²) in [5, 5.41) is 12.2. The van der Waals surface area contributed by atoms with Crippen molar-refractivity contribution in [1.82, 2.24) is 10.2 Å². The first-order valence-electron chi connectivity index (χ1n) is 7.19. The summed E-state index contributed by atoms with van der Waals surface area (Å²) < 4.78 is 0. The fraction of sp³-hybridized carbons (Fsp3) is 0.857. The molecule has 2 amide bonds. The van der Waals surface area contributed by atoms with Crippen molar-refractivity contribution < 1.29 is 14.7 Å². The first kappa shape index (κ1) is 14.2. The molecule has 0 aromatic rings. The van der Waals surface area contributed by atoms with Gasteiger partial charge in [-0.05, 0) is 50.4 Å². The van der Waals surface area contributed by atoms with Crippen LogP contribution < -0.4 is 5.32 Å². The Bertz CT molecular complexity index is 358. The summed E-state index contributed by atoms with van der Waals surface area (Å²) in [4.78, 5) is 25.3. The molecule has 2 rings (SSSR count). The standard InChI is InChI=1S/C14H24N2O3/c1-10-5-7-14(8-6-10,12(17)18)15-13(19)16(2)9-11-3-4-11/h10-11H,3-9H2,1-2H3,(H,15,19)(H,17,18). The first-order valence-corrected chi connectivity index (χ1v) is 7.19. The monoisotopic (exact) mass is 268 g/mol. The number of rotatable bonds is 4. The van der Waals surface area contributed by atoms with Crippen LogP contribution in [0.25, 0.3) is 0 Å². The highest BCUT2D eigenvalue weighted by atomic mass is 16.4. The zero-order valence-electron chi connectivity index (χ0n) is 11.8. The molecule has 2 aliphatic carbocycles. The Morgan fingerprint density at radius 3 is 2.32 bits per heavy atom. The Morgan fingerprint density at radius 2 is 1.84 bits per heavy atom. The molecule has 0 aromatic heterocycles. The van der Waals surface area contributed by atoms with Gasteiger partial charge in [0.15, 0.2) is 0 Å². The van der Waals surface area contributed by atoms with Gasteiger partial charge in [0.25, 0.3) is 0 Å². The maximum atomic E-state index is 12.1. The fourth-order valence-electron chi connectivity index (χ4n) is 2.72. The maximum Gasteiger partial charge on any atom is 0.329 e. The van der Waals surface area contributed by atoms with Gasteiger partial charge in [-0.25, -0.2) is 9.59 Å². The molecule has 0 unspecified atom stereocenters. The minimum absolute atomic E-state index is 0.246. The number of hydrogen-bond donors (Lipinski definition) is 2. The number of nitrogens with zero attached hydrogens (tertiary/aromatic N) is 1. The van der Waals surface area contributed by atoms with Gasteiger partial charge in [-0.1, -0.05) is 6.92 Å². The van der Waals surface area contributed by atoms with Crippen molar-refractivity contribution in [2.24, 2.45) is 11.8 Å². The van der Waals surface area contributed by atoms with Crippen molar-refractivity contribution in [2.45, 2.75) is 51.0 Å². The van der Waals surface area contributed by atoms with Crippen molar-refractivity contribution in [3.8, 4) is 0 Å². The number of carbonyl (C=O) groups is 2. The molecule has 19 heavy (non-hydrogen) atoms. The van der Waals surface area contributed by atoms with Crippen molar-refractivity contribution in [2.75, 3.05) is 13.6 Å². The van der Waals surface area contributed by atoms with E-state index in [1.807, 2.05) is 0 Å². The van der Waals surface area contributed by atoms with E-state index in [-0.39, 0.29) is 6.03 Å².